The molecule has 0 aliphatic carbocycles. The van der Waals surface area contributed by atoms with E-state index in [-0.39, 0.29) is 0 Å². The Labute approximate surface area is 171 Å². The molecule has 0 aromatic heterocycles. The summed E-state index contributed by atoms with van der Waals surface area (Å²) in [6.07, 6.45) is 0. The average molecular weight is 409 g/mol. The van der Waals surface area contributed by atoms with Crippen molar-refractivity contribution in [2.24, 2.45) is 0 Å². The van der Waals surface area contributed by atoms with Crippen molar-refractivity contribution >= 4 is 40.1 Å². The molecule has 0 bridgehead atoms. The average Bonchev–Trinajstić information content (AvgIpc) is 2.77. The van der Waals surface area contributed by atoms with E-state index in [0.29, 0.717) is 39.4 Å². The summed E-state index contributed by atoms with van der Waals surface area (Å²) < 4.78 is 33.8. The van der Waals surface area contributed by atoms with Crippen LogP contribution in [0.4, 0.5) is 17.1 Å². The molecular formula is C24H12NO4P. The molecular weight excluding hydrogens is 397 g/mol. The number of fused-ring (bicyclic) bond motifs is 3. The molecule has 5 nitrogen and oxygen atoms in total. The lowest BCUT2D eigenvalue weighted by Crippen LogP contribution is -2.43. The molecule has 1 atom stereocenters. The van der Waals surface area contributed by atoms with Crippen LogP contribution in [0, 0.1) is 0 Å². The third kappa shape index (κ3) is 1.49. The molecule has 6 heteroatoms. The van der Waals surface area contributed by atoms with Crippen molar-refractivity contribution in [1.29, 1.82) is 0 Å². The lowest BCUT2D eigenvalue weighted by atomic mass is 10.1. The Morgan fingerprint density at radius 1 is 0.533 bits per heavy atom. The van der Waals surface area contributed by atoms with Gasteiger partial charge in [0.05, 0.1) is 22.0 Å². The number of benzene rings is 4. The second-order valence-electron chi connectivity index (χ2n) is 7.70. The maximum Gasteiger partial charge on any atom is 0.190 e. The molecule has 0 saturated carbocycles. The molecule has 4 heterocycles. The highest BCUT2D eigenvalue weighted by Gasteiger charge is 2.54. The Balaban J connectivity index is 1.61. The smallest absolute Gasteiger partial charge is 0.190 e. The van der Waals surface area contributed by atoms with Gasteiger partial charge in [0.1, 0.15) is 34.0 Å². The first-order valence-corrected chi connectivity index (χ1v) is 11.4. The molecule has 30 heavy (non-hydrogen) atoms. The first-order valence-electron chi connectivity index (χ1n) is 9.73. The zero-order chi connectivity index (χ0) is 19.6. The zero-order valence-corrected chi connectivity index (χ0v) is 16.4. The second kappa shape index (κ2) is 4.72. The van der Waals surface area contributed by atoms with Crippen LogP contribution in [0.1, 0.15) is 0 Å². The van der Waals surface area contributed by atoms with Crippen molar-refractivity contribution in [3.8, 4) is 34.5 Å². The Morgan fingerprint density at radius 3 is 1.93 bits per heavy atom. The molecule has 4 aromatic carbocycles. The minimum absolute atomic E-state index is 0.592. The summed E-state index contributed by atoms with van der Waals surface area (Å²) in [5.41, 5.74) is 2.56. The van der Waals surface area contributed by atoms with Gasteiger partial charge in [-0.1, -0.05) is 24.3 Å². The third-order valence-electron chi connectivity index (χ3n) is 6.19. The van der Waals surface area contributed by atoms with Crippen molar-refractivity contribution in [2.75, 3.05) is 4.90 Å². The van der Waals surface area contributed by atoms with E-state index in [1.807, 2.05) is 72.8 Å². The highest BCUT2D eigenvalue weighted by atomic mass is 31.2. The van der Waals surface area contributed by atoms with Crippen LogP contribution in [0.15, 0.2) is 72.8 Å². The molecule has 0 amide bonds. The summed E-state index contributed by atoms with van der Waals surface area (Å²) >= 11 is 0. The highest BCUT2D eigenvalue weighted by Crippen LogP contribution is 2.67. The van der Waals surface area contributed by atoms with Crippen molar-refractivity contribution in [2.45, 2.75) is 0 Å². The zero-order valence-electron chi connectivity index (χ0n) is 15.5. The third-order valence-corrected chi connectivity index (χ3v) is 9.40. The van der Waals surface area contributed by atoms with E-state index >= 15 is 4.57 Å². The molecule has 0 fully saturated rings. The van der Waals surface area contributed by atoms with Crippen LogP contribution in [-0.4, -0.2) is 0 Å². The molecule has 8 rings (SSSR count). The summed E-state index contributed by atoms with van der Waals surface area (Å²) in [7, 11) is -3.21. The van der Waals surface area contributed by atoms with Gasteiger partial charge in [0.25, 0.3) is 0 Å². The van der Waals surface area contributed by atoms with Gasteiger partial charge in [-0.15, -0.1) is 0 Å². The minimum Gasteiger partial charge on any atom is -0.456 e. The summed E-state index contributed by atoms with van der Waals surface area (Å²) in [5.74, 6) is 3.86. The van der Waals surface area contributed by atoms with Crippen LogP contribution in [-0.2, 0) is 4.57 Å². The van der Waals surface area contributed by atoms with Gasteiger partial charge in [-0.05, 0) is 48.5 Å². The Bertz CT molecular complexity index is 1510. The molecule has 4 aliphatic rings. The fraction of sp³-hybridized carbons (Fsp3) is 0. The molecule has 1 unspecified atom stereocenters. The topological polar surface area (TPSA) is 48.0 Å². The van der Waals surface area contributed by atoms with E-state index in [1.165, 1.54) is 0 Å². The predicted octanol–water partition coefficient (Wildman–Crippen LogP) is 5.43. The number of hydrogen-bond acceptors (Lipinski definition) is 5. The number of ether oxygens (including phenoxy) is 3. The van der Waals surface area contributed by atoms with Crippen molar-refractivity contribution < 1.29 is 18.8 Å². The summed E-state index contributed by atoms with van der Waals surface area (Å²) in [5, 5.41) is 2.07. The molecule has 4 aliphatic heterocycles. The highest BCUT2D eigenvalue weighted by molar-refractivity contribution is 7.87. The normalized spacial score (nSPS) is 19.7. The van der Waals surface area contributed by atoms with Gasteiger partial charge in [-0.25, -0.2) is 0 Å². The van der Waals surface area contributed by atoms with Gasteiger partial charge in [0.2, 0.25) is 0 Å². The summed E-state index contributed by atoms with van der Waals surface area (Å²) in [4.78, 5) is 2.13. The molecule has 0 saturated heterocycles. The lowest BCUT2D eigenvalue weighted by molar-refractivity contribution is 0.455. The number of nitrogens with zero attached hydrogens (tertiary/aromatic N) is 1. The summed E-state index contributed by atoms with van der Waals surface area (Å²) in [6, 6.07) is 23.1. The van der Waals surface area contributed by atoms with E-state index in [1.54, 1.807) is 0 Å². The van der Waals surface area contributed by atoms with Gasteiger partial charge >= 0.3 is 0 Å². The minimum atomic E-state index is -3.21. The van der Waals surface area contributed by atoms with E-state index in [4.69, 9.17) is 14.2 Å². The molecule has 4 aromatic rings. The molecule has 0 N–H and O–H groups in total. The van der Waals surface area contributed by atoms with Crippen molar-refractivity contribution in [3.05, 3.63) is 72.8 Å². The van der Waals surface area contributed by atoms with Crippen LogP contribution in [0.3, 0.4) is 0 Å². The summed E-state index contributed by atoms with van der Waals surface area (Å²) in [6.45, 7) is 0. The largest absolute Gasteiger partial charge is 0.456 e. The number of anilines is 3. The van der Waals surface area contributed by atoms with Gasteiger partial charge in [0.15, 0.2) is 18.6 Å². The van der Waals surface area contributed by atoms with E-state index in [2.05, 4.69) is 4.90 Å². The van der Waals surface area contributed by atoms with Gasteiger partial charge in [-0.2, -0.15) is 0 Å². The van der Waals surface area contributed by atoms with Crippen LogP contribution >= 0.6 is 7.14 Å². The Hall–Kier alpha value is -3.69. The first-order chi connectivity index (χ1) is 14.7. The van der Waals surface area contributed by atoms with Crippen molar-refractivity contribution in [1.82, 2.24) is 0 Å². The maximum atomic E-state index is 15.1. The quantitative estimate of drug-likeness (QED) is 0.313. The maximum absolute atomic E-state index is 15.1. The van der Waals surface area contributed by atoms with Gasteiger partial charge in [-0.3, -0.25) is 0 Å². The number of para-hydroxylation sites is 2. The molecule has 0 spiro atoms. The fourth-order valence-corrected chi connectivity index (χ4v) is 8.48. The van der Waals surface area contributed by atoms with E-state index in [0.717, 1.165) is 28.1 Å². The van der Waals surface area contributed by atoms with Crippen LogP contribution < -0.4 is 35.0 Å². The van der Waals surface area contributed by atoms with Gasteiger partial charge in [0, 0.05) is 0 Å². The Kier molecular flexibility index (Phi) is 2.39. The SMILES string of the molecule is O=P12c3c4cccc3Oc3ccc5c(c31)N(c1ccccc1O5)c1cccc(c12)O4. The fourth-order valence-electron chi connectivity index (χ4n) is 5.08. The van der Waals surface area contributed by atoms with E-state index in [9.17, 15) is 0 Å². The Morgan fingerprint density at radius 2 is 1.10 bits per heavy atom. The number of hydrogen-bond donors (Lipinski definition) is 0. The predicted molar refractivity (Wildman–Crippen MR) is 114 cm³/mol. The monoisotopic (exact) mass is 409 g/mol. The molecule has 142 valence electrons. The van der Waals surface area contributed by atoms with E-state index < -0.39 is 7.14 Å². The van der Waals surface area contributed by atoms with Crippen LogP contribution in [0.25, 0.3) is 0 Å². The first kappa shape index (κ1) is 15.2. The van der Waals surface area contributed by atoms with Crippen LogP contribution in [0.5, 0.6) is 34.5 Å². The van der Waals surface area contributed by atoms with Crippen molar-refractivity contribution in [3.63, 3.8) is 0 Å². The van der Waals surface area contributed by atoms with Crippen LogP contribution in [0.2, 0.25) is 0 Å². The number of rotatable bonds is 0. The standard InChI is InChI=1S/C24H12NO4P/c26-30-22-14-6-3-8-17(22)28-18-9-4-10-19(23(18)30)29-20-12-11-16-21(24(20)30)25(14)13-5-1-2-7-15(13)27-16/h1-12H. The molecule has 0 radical (unpaired) electrons. The van der Waals surface area contributed by atoms with Gasteiger partial charge < -0.3 is 23.7 Å². The second-order valence-corrected chi connectivity index (χ2v) is 10.3. The lowest BCUT2D eigenvalue weighted by Gasteiger charge is -2.45.